The summed E-state index contributed by atoms with van der Waals surface area (Å²) >= 11 is 0. The Kier molecular flexibility index (Phi) is 3.96. The second-order valence-corrected chi connectivity index (χ2v) is 2.64. The van der Waals surface area contributed by atoms with E-state index in [4.69, 9.17) is 5.73 Å². The van der Waals surface area contributed by atoms with Crippen molar-refractivity contribution in [3.8, 4) is 0 Å². The maximum Gasteiger partial charge on any atom is 0.136 e. The summed E-state index contributed by atoms with van der Waals surface area (Å²) in [6, 6.07) is 0.0433. The molecule has 2 N–H and O–H groups in total. The number of Topliss-reactive ketones (excluding diaryl/α,β-unsaturated/α-hetero) is 1. The van der Waals surface area contributed by atoms with E-state index in [9.17, 15) is 4.79 Å². The van der Waals surface area contributed by atoms with E-state index >= 15 is 0 Å². The molecule has 0 amide bonds. The van der Waals surface area contributed by atoms with E-state index in [1.54, 1.807) is 6.92 Å². The van der Waals surface area contributed by atoms with Gasteiger partial charge in [-0.05, 0) is 13.8 Å². The van der Waals surface area contributed by atoms with Crippen LogP contribution >= 0.6 is 0 Å². The van der Waals surface area contributed by atoms with Gasteiger partial charge < -0.3 is 5.73 Å². The van der Waals surface area contributed by atoms with Gasteiger partial charge in [0, 0.05) is 12.0 Å². The van der Waals surface area contributed by atoms with E-state index in [1.807, 2.05) is 26.0 Å². The number of ketones is 1. The molecule has 10 heavy (non-hydrogen) atoms. The molecule has 0 rings (SSSR count). The number of hydrogen-bond acceptors (Lipinski definition) is 2. The van der Waals surface area contributed by atoms with E-state index in [1.165, 1.54) is 0 Å². The van der Waals surface area contributed by atoms with E-state index in [-0.39, 0.29) is 17.7 Å². The molecular weight excluding hydrogens is 126 g/mol. The SMILES string of the molecule is CC(=O)[C@@H](C)/C=C\C(C)N. The van der Waals surface area contributed by atoms with Crippen LogP contribution in [0.2, 0.25) is 0 Å². The molecule has 0 spiro atoms. The van der Waals surface area contributed by atoms with Crippen LogP contribution in [0.25, 0.3) is 0 Å². The Hall–Kier alpha value is -0.630. The summed E-state index contributed by atoms with van der Waals surface area (Å²) in [6.07, 6.45) is 3.68. The highest BCUT2D eigenvalue weighted by atomic mass is 16.1. The van der Waals surface area contributed by atoms with Crippen molar-refractivity contribution < 1.29 is 4.79 Å². The molecule has 0 radical (unpaired) electrons. The fourth-order valence-corrected chi connectivity index (χ4v) is 0.477. The lowest BCUT2D eigenvalue weighted by Crippen LogP contribution is -2.12. The largest absolute Gasteiger partial charge is 0.325 e. The molecule has 0 aliphatic heterocycles. The topological polar surface area (TPSA) is 43.1 Å². The number of hydrogen-bond donors (Lipinski definition) is 1. The molecular formula is C8H15NO. The number of nitrogens with two attached hydrogens (primary N) is 1. The van der Waals surface area contributed by atoms with Crippen LogP contribution < -0.4 is 5.73 Å². The zero-order valence-electron chi connectivity index (χ0n) is 6.79. The standard InChI is InChI=1S/C8H15NO/c1-6(8(3)10)4-5-7(2)9/h4-7H,9H2,1-3H3/b5-4-/t6-,7?/m0/s1. The molecule has 0 aromatic carbocycles. The number of carbonyl (C=O) groups excluding carboxylic acids is 1. The van der Waals surface area contributed by atoms with Gasteiger partial charge in [-0.2, -0.15) is 0 Å². The summed E-state index contributed by atoms with van der Waals surface area (Å²) in [5.74, 6) is 0.183. The summed E-state index contributed by atoms with van der Waals surface area (Å²) < 4.78 is 0. The highest BCUT2D eigenvalue weighted by Crippen LogP contribution is 1.98. The van der Waals surface area contributed by atoms with Crippen LogP contribution in [-0.2, 0) is 4.79 Å². The summed E-state index contributed by atoms with van der Waals surface area (Å²) in [7, 11) is 0. The van der Waals surface area contributed by atoms with Crippen molar-refractivity contribution in [3.63, 3.8) is 0 Å². The molecule has 0 fully saturated rings. The van der Waals surface area contributed by atoms with Gasteiger partial charge in [0.1, 0.15) is 5.78 Å². The van der Waals surface area contributed by atoms with E-state index < -0.39 is 0 Å². The molecule has 0 aromatic rings. The van der Waals surface area contributed by atoms with Gasteiger partial charge in [-0.15, -0.1) is 0 Å². The summed E-state index contributed by atoms with van der Waals surface area (Å²) in [6.45, 7) is 5.32. The van der Waals surface area contributed by atoms with Crippen molar-refractivity contribution >= 4 is 5.78 Å². The average molecular weight is 141 g/mol. The van der Waals surface area contributed by atoms with Crippen molar-refractivity contribution in [2.24, 2.45) is 11.7 Å². The summed E-state index contributed by atoms with van der Waals surface area (Å²) in [5.41, 5.74) is 5.44. The Labute approximate surface area is 62.1 Å². The van der Waals surface area contributed by atoms with Gasteiger partial charge in [-0.3, -0.25) is 4.79 Å². The Balaban J connectivity index is 3.77. The number of allylic oxidation sites excluding steroid dienone is 1. The predicted molar refractivity (Wildman–Crippen MR) is 42.6 cm³/mol. The third-order valence-corrected chi connectivity index (χ3v) is 1.34. The maximum atomic E-state index is 10.7. The monoisotopic (exact) mass is 141 g/mol. The fourth-order valence-electron chi connectivity index (χ4n) is 0.477. The Morgan fingerprint density at radius 2 is 1.90 bits per heavy atom. The van der Waals surface area contributed by atoms with Gasteiger partial charge in [0.2, 0.25) is 0 Å². The molecule has 0 heterocycles. The maximum absolute atomic E-state index is 10.7. The molecule has 2 nitrogen and oxygen atoms in total. The second kappa shape index (κ2) is 4.23. The molecule has 0 aliphatic rings. The van der Waals surface area contributed by atoms with Crippen molar-refractivity contribution in [1.82, 2.24) is 0 Å². The molecule has 0 aromatic heterocycles. The first-order chi connectivity index (χ1) is 4.54. The summed E-state index contributed by atoms with van der Waals surface area (Å²) in [4.78, 5) is 10.7. The third-order valence-electron chi connectivity index (χ3n) is 1.34. The first-order valence-electron chi connectivity index (χ1n) is 3.48. The van der Waals surface area contributed by atoms with Crippen molar-refractivity contribution in [1.29, 1.82) is 0 Å². The second-order valence-electron chi connectivity index (χ2n) is 2.64. The van der Waals surface area contributed by atoms with Gasteiger partial charge in [0.15, 0.2) is 0 Å². The normalized spacial score (nSPS) is 17.2. The average Bonchev–Trinajstić information content (AvgIpc) is 1.82. The first kappa shape index (κ1) is 9.37. The zero-order valence-corrected chi connectivity index (χ0v) is 6.79. The minimum atomic E-state index is 0.00556. The van der Waals surface area contributed by atoms with Crippen LogP contribution in [0.1, 0.15) is 20.8 Å². The van der Waals surface area contributed by atoms with E-state index in [0.717, 1.165) is 0 Å². The van der Waals surface area contributed by atoms with E-state index in [0.29, 0.717) is 0 Å². The molecule has 58 valence electrons. The molecule has 2 atom stereocenters. The molecule has 0 saturated carbocycles. The Bertz CT molecular complexity index is 138. The van der Waals surface area contributed by atoms with Gasteiger partial charge in [0.05, 0.1) is 0 Å². The van der Waals surface area contributed by atoms with Gasteiger partial charge in [0.25, 0.3) is 0 Å². The van der Waals surface area contributed by atoms with Crippen molar-refractivity contribution in [3.05, 3.63) is 12.2 Å². The van der Waals surface area contributed by atoms with Gasteiger partial charge in [-0.1, -0.05) is 19.1 Å². The van der Waals surface area contributed by atoms with Gasteiger partial charge >= 0.3 is 0 Å². The van der Waals surface area contributed by atoms with Crippen LogP contribution in [0.3, 0.4) is 0 Å². The molecule has 0 bridgehead atoms. The highest BCUT2D eigenvalue weighted by molar-refractivity contribution is 5.79. The summed E-state index contributed by atoms with van der Waals surface area (Å²) in [5, 5.41) is 0. The van der Waals surface area contributed by atoms with Crippen LogP contribution in [0.5, 0.6) is 0 Å². The smallest absolute Gasteiger partial charge is 0.136 e. The minimum Gasteiger partial charge on any atom is -0.325 e. The highest BCUT2D eigenvalue weighted by Gasteiger charge is 2.01. The van der Waals surface area contributed by atoms with E-state index in [2.05, 4.69) is 0 Å². The quantitative estimate of drug-likeness (QED) is 0.598. The zero-order chi connectivity index (χ0) is 8.15. The lowest BCUT2D eigenvalue weighted by atomic mass is 10.1. The predicted octanol–water partition coefficient (Wildman–Crippen LogP) is 1.11. The van der Waals surface area contributed by atoms with Crippen LogP contribution in [0, 0.1) is 5.92 Å². The number of rotatable bonds is 3. The molecule has 1 unspecified atom stereocenters. The van der Waals surface area contributed by atoms with Gasteiger partial charge in [-0.25, -0.2) is 0 Å². The van der Waals surface area contributed by atoms with Crippen molar-refractivity contribution in [2.75, 3.05) is 0 Å². The molecule has 0 aliphatic carbocycles. The minimum absolute atomic E-state index is 0.00556. The number of carbonyl (C=O) groups is 1. The van der Waals surface area contributed by atoms with Crippen molar-refractivity contribution in [2.45, 2.75) is 26.8 Å². The molecule has 0 saturated heterocycles. The third kappa shape index (κ3) is 4.27. The van der Waals surface area contributed by atoms with Crippen LogP contribution in [0.15, 0.2) is 12.2 Å². The first-order valence-corrected chi connectivity index (χ1v) is 3.48. The molecule has 2 heteroatoms. The van der Waals surface area contributed by atoms with Crippen LogP contribution in [0.4, 0.5) is 0 Å². The Morgan fingerprint density at radius 1 is 1.40 bits per heavy atom. The fraction of sp³-hybridized carbons (Fsp3) is 0.625. The van der Waals surface area contributed by atoms with Crippen LogP contribution in [-0.4, -0.2) is 11.8 Å². The lowest BCUT2D eigenvalue weighted by molar-refractivity contribution is -0.118. The Morgan fingerprint density at radius 3 is 2.20 bits per heavy atom. The lowest BCUT2D eigenvalue weighted by Gasteiger charge is -1.99.